The lowest BCUT2D eigenvalue weighted by atomic mass is 9.86. The van der Waals surface area contributed by atoms with Gasteiger partial charge < -0.3 is 0 Å². The van der Waals surface area contributed by atoms with Crippen LogP contribution in [0.15, 0.2) is 146 Å². The topological polar surface area (TPSA) is 0 Å². The summed E-state index contributed by atoms with van der Waals surface area (Å²) in [6, 6.07) is 53.9. The molecule has 10 rings (SSSR count). The van der Waals surface area contributed by atoms with E-state index in [0.29, 0.717) is 0 Å². The zero-order chi connectivity index (χ0) is 28.8. The molecule has 10 aromatic rings. The highest BCUT2D eigenvalue weighted by Gasteiger charge is 2.19. The summed E-state index contributed by atoms with van der Waals surface area (Å²) in [6.07, 6.45) is 0. The van der Waals surface area contributed by atoms with Crippen LogP contribution in [0.2, 0.25) is 0 Å². The second-order valence-corrected chi connectivity index (χ2v) is 13.7. The van der Waals surface area contributed by atoms with Gasteiger partial charge in [-0.25, -0.2) is 0 Å². The van der Waals surface area contributed by atoms with Gasteiger partial charge in [0.25, 0.3) is 0 Å². The molecule has 0 unspecified atom stereocenters. The van der Waals surface area contributed by atoms with Gasteiger partial charge in [0.15, 0.2) is 0 Å². The summed E-state index contributed by atoms with van der Waals surface area (Å²) in [5.41, 5.74) is 5.15. The fraction of sp³-hybridized carbons (Fsp3) is 0. The Morgan fingerprint density at radius 1 is 0.318 bits per heavy atom. The highest BCUT2D eigenvalue weighted by atomic mass is 32.1. The summed E-state index contributed by atoms with van der Waals surface area (Å²) in [5.74, 6) is 0. The lowest BCUT2D eigenvalue weighted by Crippen LogP contribution is -1.90. The third kappa shape index (κ3) is 3.38. The van der Waals surface area contributed by atoms with Crippen molar-refractivity contribution in [2.24, 2.45) is 0 Å². The minimum atomic E-state index is 1.26. The van der Waals surface area contributed by atoms with Crippen molar-refractivity contribution < 1.29 is 0 Å². The van der Waals surface area contributed by atoms with E-state index in [1.54, 1.807) is 0 Å². The smallest absolute Gasteiger partial charge is 0.0440 e. The molecule has 0 saturated heterocycles. The molecule has 0 nitrogen and oxygen atoms in total. The average molecular weight is 593 g/mol. The normalized spacial score (nSPS) is 12.1. The maximum absolute atomic E-state index is 2.44. The van der Waals surface area contributed by atoms with Crippen molar-refractivity contribution >= 4 is 95.3 Å². The summed E-state index contributed by atoms with van der Waals surface area (Å²) in [4.78, 5) is 0. The van der Waals surface area contributed by atoms with E-state index in [9.17, 15) is 0 Å². The molecule has 8 aromatic carbocycles. The molecular weight excluding hydrogens is 569 g/mol. The molecule has 0 aliphatic rings. The van der Waals surface area contributed by atoms with E-state index in [1.807, 2.05) is 22.7 Å². The number of hydrogen-bond donors (Lipinski definition) is 0. The van der Waals surface area contributed by atoms with Gasteiger partial charge in [0.1, 0.15) is 0 Å². The van der Waals surface area contributed by atoms with Crippen LogP contribution in [0.4, 0.5) is 0 Å². The third-order valence-electron chi connectivity index (χ3n) is 9.24. The minimum absolute atomic E-state index is 1.26. The summed E-state index contributed by atoms with van der Waals surface area (Å²) in [7, 11) is 0. The Hall–Kier alpha value is -5.02. The van der Waals surface area contributed by atoms with Crippen LogP contribution < -0.4 is 0 Å². The average Bonchev–Trinajstić information content (AvgIpc) is 3.65. The predicted octanol–water partition coefficient (Wildman–Crippen LogP) is 13.2. The van der Waals surface area contributed by atoms with Crippen LogP contribution in [0, 0.1) is 0 Å². The van der Waals surface area contributed by atoms with Crippen LogP contribution in [0.25, 0.3) is 94.9 Å². The van der Waals surface area contributed by atoms with Gasteiger partial charge >= 0.3 is 0 Å². The van der Waals surface area contributed by atoms with E-state index >= 15 is 0 Å². The van der Waals surface area contributed by atoms with Crippen molar-refractivity contribution in [1.82, 2.24) is 0 Å². The summed E-state index contributed by atoms with van der Waals surface area (Å²) in [5, 5.41) is 13.3. The quantitative estimate of drug-likeness (QED) is 0.175. The Balaban J connectivity index is 1.29. The van der Waals surface area contributed by atoms with E-state index in [-0.39, 0.29) is 0 Å². The molecule has 2 heteroatoms. The van der Waals surface area contributed by atoms with Gasteiger partial charge in [-0.05, 0) is 67.4 Å². The fourth-order valence-corrected chi connectivity index (χ4v) is 9.79. The standard InChI is InChI=1S/C42H24S2/c1-2-10-25(11-3-1)38-29-13-4-6-15-31(29)39(32-16-7-5-14-30(32)38)27-19-22-34-37(24-27)43-36-23-20-26-18-21-33-28-12-8-9-17-35(28)44-42(33)40(26)41(34)36/h1-24H. The molecule has 44 heavy (non-hydrogen) atoms. The Kier molecular flexibility index (Phi) is 5.13. The van der Waals surface area contributed by atoms with Gasteiger partial charge in [0.05, 0.1) is 0 Å². The maximum atomic E-state index is 2.44. The van der Waals surface area contributed by atoms with Crippen LogP contribution in [0.1, 0.15) is 0 Å². The van der Waals surface area contributed by atoms with Gasteiger partial charge in [-0.15, -0.1) is 22.7 Å². The first-order valence-corrected chi connectivity index (χ1v) is 16.7. The van der Waals surface area contributed by atoms with Gasteiger partial charge in [0, 0.05) is 45.7 Å². The van der Waals surface area contributed by atoms with Crippen LogP contribution in [0.5, 0.6) is 0 Å². The minimum Gasteiger partial charge on any atom is -0.135 e. The largest absolute Gasteiger partial charge is 0.135 e. The van der Waals surface area contributed by atoms with E-state index in [1.165, 1.54) is 94.9 Å². The zero-order valence-electron chi connectivity index (χ0n) is 23.7. The van der Waals surface area contributed by atoms with Crippen molar-refractivity contribution in [3.8, 4) is 22.3 Å². The van der Waals surface area contributed by atoms with Crippen molar-refractivity contribution in [2.45, 2.75) is 0 Å². The molecule has 0 radical (unpaired) electrons. The van der Waals surface area contributed by atoms with Crippen molar-refractivity contribution in [3.63, 3.8) is 0 Å². The zero-order valence-corrected chi connectivity index (χ0v) is 25.3. The number of benzene rings is 8. The molecule has 0 saturated carbocycles. The molecule has 204 valence electrons. The molecule has 0 aliphatic heterocycles. The molecule has 0 N–H and O–H groups in total. The lowest BCUT2D eigenvalue weighted by molar-refractivity contribution is 1.66. The Bertz CT molecular complexity index is 2700. The van der Waals surface area contributed by atoms with E-state index in [4.69, 9.17) is 0 Å². The lowest BCUT2D eigenvalue weighted by Gasteiger charge is -2.17. The summed E-state index contributed by atoms with van der Waals surface area (Å²) < 4.78 is 5.44. The highest BCUT2D eigenvalue weighted by molar-refractivity contribution is 7.28. The van der Waals surface area contributed by atoms with E-state index < -0.39 is 0 Å². The summed E-state index contributed by atoms with van der Waals surface area (Å²) >= 11 is 3.84. The Morgan fingerprint density at radius 2 is 0.909 bits per heavy atom. The van der Waals surface area contributed by atoms with Crippen molar-refractivity contribution in [3.05, 3.63) is 146 Å². The van der Waals surface area contributed by atoms with Gasteiger partial charge in [-0.1, -0.05) is 127 Å². The number of hydrogen-bond acceptors (Lipinski definition) is 2. The first-order valence-electron chi connectivity index (χ1n) is 15.0. The first-order chi connectivity index (χ1) is 21.8. The van der Waals surface area contributed by atoms with E-state index in [2.05, 4.69) is 146 Å². The monoisotopic (exact) mass is 592 g/mol. The number of rotatable bonds is 2. The second-order valence-electron chi connectivity index (χ2n) is 11.6. The molecule has 0 spiro atoms. The van der Waals surface area contributed by atoms with Crippen molar-refractivity contribution in [1.29, 1.82) is 0 Å². The van der Waals surface area contributed by atoms with Crippen LogP contribution in [-0.4, -0.2) is 0 Å². The van der Waals surface area contributed by atoms with Crippen molar-refractivity contribution in [2.75, 3.05) is 0 Å². The molecular formula is C42H24S2. The molecule has 0 bridgehead atoms. The summed E-state index contributed by atoms with van der Waals surface area (Å²) in [6.45, 7) is 0. The Morgan fingerprint density at radius 3 is 1.64 bits per heavy atom. The third-order valence-corrected chi connectivity index (χ3v) is 11.6. The Labute approximate surface area is 262 Å². The maximum Gasteiger partial charge on any atom is 0.0440 e. The molecule has 0 aliphatic carbocycles. The molecule has 0 atom stereocenters. The fourth-order valence-electron chi connectivity index (χ4n) is 7.37. The van der Waals surface area contributed by atoms with Crippen LogP contribution in [0.3, 0.4) is 0 Å². The van der Waals surface area contributed by atoms with Gasteiger partial charge in [-0.2, -0.15) is 0 Å². The SMILES string of the molecule is c1ccc(-c2c3ccccc3c(-c3ccc4c(c3)sc3ccc5ccc6c7ccccc7sc6c5c34)c3ccccc23)cc1. The molecule has 2 aromatic heterocycles. The number of fused-ring (bicyclic) bond motifs is 11. The number of thiophene rings is 2. The van der Waals surface area contributed by atoms with Crippen LogP contribution >= 0.6 is 22.7 Å². The second kappa shape index (κ2) is 9.24. The molecule has 0 fully saturated rings. The predicted molar refractivity (Wildman–Crippen MR) is 196 cm³/mol. The highest BCUT2D eigenvalue weighted by Crippen LogP contribution is 2.48. The van der Waals surface area contributed by atoms with Gasteiger partial charge in [0.2, 0.25) is 0 Å². The van der Waals surface area contributed by atoms with Crippen LogP contribution in [-0.2, 0) is 0 Å². The van der Waals surface area contributed by atoms with Gasteiger partial charge in [-0.3, -0.25) is 0 Å². The molecule has 2 heterocycles. The molecule has 0 amide bonds. The first kappa shape index (κ1) is 24.4. The van der Waals surface area contributed by atoms with E-state index in [0.717, 1.165) is 0 Å².